The number of piperidine rings is 1. The molecule has 1 saturated heterocycles. The molecule has 1 aromatic rings. The van der Waals surface area contributed by atoms with Crippen molar-refractivity contribution in [3.63, 3.8) is 0 Å². The van der Waals surface area contributed by atoms with E-state index in [1.54, 1.807) is 11.8 Å². The average Bonchev–Trinajstić information content (AvgIpc) is 2.75. The van der Waals surface area contributed by atoms with Crippen LogP contribution >= 0.6 is 0 Å². The first-order valence-corrected chi connectivity index (χ1v) is 10.6. The molecule has 0 unspecified atom stereocenters. The fourth-order valence-corrected chi connectivity index (χ4v) is 3.93. The Morgan fingerprint density at radius 3 is 2.31 bits per heavy atom. The summed E-state index contributed by atoms with van der Waals surface area (Å²) in [6.45, 7) is 2.60. The summed E-state index contributed by atoms with van der Waals surface area (Å²) < 4.78 is 5.41. The van der Waals surface area contributed by atoms with Crippen molar-refractivity contribution in [3.8, 4) is 0 Å². The third kappa shape index (κ3) is 6.21. The smallest absolute Gasteiger partial charge is 0.321 e. The number of hydrogen-bond donors (Lipinski definition) is 2. The van der Waals surface area contributed by atoms with Crippen LogP contribution in [-0.4, -0.2) is 48.0 Å². The van der Waals surface area contributed by atoms with E-state index >= 15 is 0 Å². The van der Waals surface area contributed by atoms with Gasteiger partial charge in [-0.1, -0.05) is 37.5 Å². The number of rotatable bonds is 5. The lowest BCUT2D eigenvalue weighted by Gasteiger charge is -2.31. The fourth-order valence-electron chi connectivity index (χ4n) is 3.93. The molecule has 1 aliphatic heterocycles. The lowest BCUT2D eigenvalue weighted by Crippen LogP contribution is -2.45. The average molecular weight is 402 g/mol. The molecule has 29 heavy (non-hydrogen) atoms. The zero-order chi connectivity index (χ0) is 20.6. The highest BCUT2D eigenvalue weighted by molar-refractivity contribution is 5.89. The molecule has 3 rings (SSSR count). The van der Waals surface area contributed by atoms with Gasteiger partial charge in [0, 0.05) is 24.8 Å². The van der Waals surface area contributed by atoms with Crippen molar-refractivity contribution in [1.29, 1.82) is 0 Å². The van der Waals surface area contributed by atoms with Crippen molar-refractivity contribution in [1.82, 2.24) is 10.2 Å². The number of ether oxygens (including phenoxy) is 1. The van der Waals surface area contributed by atoms with Crippen LogP contribution in [-0.2, 0) is 14.3 Å². The molecule has 1 atom stereocenters. The van der Waals surface area contributed by atoms with Crippen LogP contribution in [0.2, 0.25) is 0 Å². The van der Waals surface area contributed by atoms with E-state index in [1.807, 2.05) is 30.3 Å². The summed E-state index contributed by atoms with van der Waals surface area (Å²) in [6, 6.07) is 9.33. The first-order chi connectivity index (χ1) is 14.0. The van der Waals surface area contributed by atoms with Gasteiger partial charge in [0.25, 0.3) is 5.91 Å². The number of urea groups is 1. The minimum Gasteiger partial charge on any atom is -0.452 e. The molecule has 1 aliphatic carbocycles. The fraction of sp³-hybridized carbons (Fsp3) is 0.591. The van der Waals surface area contributed by atoms with Crippen molar-refractivity contribution in [2.75, 3.05) is 18.4 Å². The summed E-state index contributed by atoms with van der Waals surface area (Å²) in [6.07, 6.45) is 5.77. The molecule has 3 amide bonds. The minimum absolute atomic E-state index is 0.164. The van der Waals surface area contributed by atoms with Gasteiger partial charge in [0.05, 0.1) is 5.92 Å². The number of para-hydroxylation sites is 1. The van der Waals surface area contributed by atoms with Gasteiger partial charge in [0.2, 0.25) is 0 Å². The SMILES string of the molecule is C[C@H](OC(=O)C1CCN(C(=O)Nc2ccccc2)CC1)C(=O)NC1CCCCC1. The van der Waals surface area contributed by atoms with Gasteiger partial charge in [-0.25, -0.2) is 4.79 Å². The number of carbonyl (C=O) groups excluding carboxylic acids is 3. The van der Waals surface area contributed by atoms with Crippen LogP contribution in [0.3, 0.4) is 0 Å². The second-order valence-corrected chi connectivity index (χ2v) is 7.98. The molecule has 1 saturated carbocycles. The number of carbonyl (C=O) groups is 3. The Bertz CT molecular complexity index is 695. The number of anilines is 1. The molecule has 7 nitrogen and oxygen atoms in total. The van der Waals surface area contributed by atoms with Crippen LogP contribution in [0.5, 0.6) is 0 Å². The minimum atomic E-state index is -0.788. The standard InChI is InChI=1S/C22H31N3O4/c1-16(20(26)23-18-8-4-2-5-9-18)29-21(27)17-12-14-25(15-13-17)22(28)24-19-10-6-3-7-11-19/h3,6-7,10-11,16-18H,2,4-5,8-9,12-15H2,1H3,(H,23,26)(H,24,28)/t16-/m0/s1. The van der Waals surface area contributed by atoms with Crippen LogP contribution in [0.4, 0.5) is 10.5 Å². The zero-order valence-electron chi connectivity index (χ0n) is 17.1. The molecule has 0 spiro atoms. The van der Waals surface area contributed by atoms with Crippen molar-refractivity contribution in [2.24, 2.45) is 5.92 Å². The van der Waals surface area contributed by atoms with E-state index in [0.717, 1.165) is 31.4 Å². The number of nitrogens with zero attached hydrogens (tertiary/aromatic N) is 1. The molecular weight excluding hydrogens is 370 g/mol. The van der Waals surface area contributed by atoms with E-state index in [0.29, 0.717) is 25.9 Å². The molecule has 158 valence electrons. The molecule has 0 aromatic heterocycles. The van der Waals surface area contributed by atoms with Crippen LogP contribution in [0.25, 0.3) is 0 Å². The Hall–Kier alpha value is -2.57. The summed E-state index contributed by atoms with van der Waals surface area (Å²) in [7, 11) is 0. The van der Waals surface area contributed by atoms with E-state index in [4.69, 9.17) is 4.74 Å². The van der Waals surface area contributed by atoms with E-state index in [-0.39, 0.29) is 29.9 Å². The highest BCUT2D eigenvalue weighted by atomic mass is 16.5. The molecule has 7 heteroatoms. The Balaban J connectivity index is 1.39. The van der Waals surface area contributed by atoms with Gasteiger partial charge in [-0.05, 0) is 44.7 Å². The summed E-state index contributed by atoms with van der Waals surface area (Å²) in [5.74, 6) is -0.843. The maximum atomic E-state index is 12.5. The quantitative estimate of drug-likeness (QED) is 0.741. The highest BCUT2D eigenvalue weighted by Gasteiger charge is 2.31. The molecule has 0 bridgehead atoms. The topological polar surface area (TPSA) is 87.7 Å². The van der Waals surface area contributed by atoms with E-state index < -0.39 is 6.10 Å². The highest BCUT2D eigenvalue weighted by Crippen LogP contribution is 2.21. The van der Waals surface area contributed by atoms with Crippen molar-refractivity contribution < 1.29 is 19.1 Å². The lowest BCUT2D eigenvalue weighted by atomic mass is 9.95. The number of amides is 3. The largest absolute Gasteiger partial charge is 0.452 e. The first-order valence-electron chi connectivity index (χ1n) is 10.6. The van der Waals surface area contributed by atoms with Gasteiger partial charge < -0.3 is 20.3 Å². The number of nitrogens with one attached hydrogen (secondary N) is 2. The molecule has 1 aromatic carbocycles. The molecule has 1 heterocycles. The maximum absolute atomic E-state index is 12.5. The van der Waals surface area contributed by atoms with Crippen molar-refractivity contribution in [2.45, 2.75) is 64.0 Å². The van der Waals surface area contributed by atoms with Crippen LogP contribution in [0, 0.1) is 5.92 Å². The summed E-state index contributed by atoms with van der Waals surface area (Å²) in [5.41, 5.74) is 0.747. The number of hydrogen-bond acceptors (Lipinski definition) is 4. The van der Waals surface area contributed by atoms with Gasteiger partial charge in [0.1, 0.15) is 0 Å². The third-order valence-corrected chi connectivity index (χ3v) is 5.75. The third-order valence-electron chi connectivity index (χ3n) is 5.75. The Labute approximate surface area is 172 Å². The molecule has 2 N–H and O–H groups in total. The van der Waals surface area contributed by atoms with Crippen molar-refractivity contribution >= 4 is 23.6 Å². The van der Waals surface area contributed by atoms with Crippen LogP contribution in [0.1, 0.15) is 51.9 Å². The Morgan fingerprint density at radius 1 is 1.00 bits per heavy atom. The number of likely N-dealkylation sites (tertiary alicyclic amines) is 1. The van der Waals surface area contributed by atoms with Gasteiger partial charge in [-0.2, -0.15) is 0 Å². The van der Waals surface area contributed by atoms with E-state index in [2.05, 4.69) is 10.6 Å². The van der Waals surface area contributed by atoms with Gasteiger partial charge in [-0.15, -0.1) is 0 Å². The zero-order valence-corrected chi connectivity index (χ0v) is 17.1. The molecule has 2 fully saturated rings. The molecule has 2 aliphatic rings. The van der Waals surface area contributed by atoms with Gasteiger partial charge >= 0.3 is 12.0 Å². The van der Waals surface area contributed by atoms with E-state index in [9.17, 15) is 14.4 Å². The molecule has 0 radical (unpaired) electrons. The van der Waals surface area contributed by atoms with Gasteiger partial charge in [0.15, 0.2) is 6.10 Å². The Morgan fingerprint density at radius 2 is 1.66 bits per heavy atom. The monoisotopic (exact) mass is 401 g/mol. The molecular formula is C22H31N3O4. The van der Waals surface area contributed by atoms with Crippen LogP contribution < -0.4 is 10.6 Å². The van der Waals surface area contributed by atoms with Crippen molar-refractivity contribution in [3.05, 3.63) is 30.3 Å². The summed E-state index contributed by atoms with van der Waals surface area (Å²) >= 11 is 0. The number of esters is 1. The predicted molar refractivity (Wildman–Crippen MR) is 110 cm³/mol. The predicted octanol–water partition coefficient (Wildman–Crippen LogP) is 3.31. The second-order valence-electron chi connectivity index (χ2n) is 7.98. The second kappa shape index (κ2) is 10.3. The van der Waals surface area contributed by atoms with Crippen LogP contribution in [0.15, 0.2) is 30.3 Å². The lowest BCUT2D eigenvalue weighted by molar-refractivity contribution is -0.160. The summed E-state index contributed by atoms with van der Waals surface area (Å²) in [5, 5.41) is 5.85. The Kier molecular flexibility index (Phi) is 7.49. The van der Waals surface area contributed by atoms with Gasteiger partial charge in [-0.3, -0.25) is 9.59 Å². The van der Waals surface area contributed by atoms with E-state index in [1.165, 1.54) is 6.42 Å². The summed E-state index contributed by atoms with van der Waals surface area (Å²) in [4.78, 5) is 38.8. The number of benzene rings is 1. The first kappa shape index (κ1) is 21.1. The normalized spacial score (nSPS) is 19.3. The maximum Gasteiger partial charge on any atom is 0.321 e.